The molecule has 2 rings (SSSR count). The van der Waals surface area contributed by atoms with Crippen molar-refractivity contribution in [3.8, 4) is 0 Å². The van der Waals surface area contributed by atoms with Gasteiger partial charge in [-0.2, -0.15) is 0 Å². The molecule has 0 atom stereocenters. The normalized spacial score (nSPS) is 10.3. The second kappa shape index (κ2) is 6.41. The van der Waals surface area contributed by atoms with Crippen LogP contribution in [0.15, 0.2) is 48.5 Å². The number of hydrogen-bond donors (Lipinski definition) is 1. The molecule has 0 saturated carbocycles. The number of carbonyl (C=O) groups is 1. The average Bonchev–Trinajstić information content (AvgIpc) is 2.53. The second-order valence-corrected chi connectivity index (χ2v) is 5.18. The average molecular weight is 283 g/mol. The van der Waals surface area contributed by atoms with Crippen LogP contribution in [0.25, 0.3) is 0 Å². The predicted molar refractivity (Wildman–Crippen MR) is 87.8 cm³/mol. The minimum absolute atomic E-state index is 0.0344. The van der Waals surface area contributed by atoms with Crippen LogP contribution in [0.4, 0.5) is 11.4 Å². The van der Waals surface area contributed by atoms with E-state index in [1.54, 1.807) is 11.9 Å². The molecule has 21 heavy (non-hydrogen) atoms. The number of nitrogens with zero attached hydrogens (tertiary/aromatic N) is 2. The first-order valence-corrected chi connectivity index (χ1v) is 6.87. The Hall–Kier alpha value is -2.33. The Kier molecular flexibility index (Phi) is 4.60. The van der Waals surface area contributed by atoms with Gasteiger partial charge in [0.2, 0.25) is 0 Å². The fourth-order valence-corrected chi connectivity index (χ4v) is 2.12. The fraction of sp³-hybridized carbons (Fsp3) is 0.235. The number of anilines is 2. The molecule has 2 aromatic carbocycles. The number of carbonyl (C=O) groups excluding carboxylic acids is 1. The van der Waals surface area contributed by atoms with Crippen molar-refractivity contribution in [2.45, 2.75) is 6.54 Å². The van der Waals surface area contributed by atoms with Crippen LogP contribution in [0, 0.1) is 0 Å². The number of nitrogens with two attached hydrogens (primary N) is 1. The van der Waals surface area contributed by atoms with Crippen molar-refractivity contribution in [3.05, 3.63) is 59.7 Å². The molecule has 0 aromatic heterocycles. The Morgan fingerprint density at radius 3 is 2.33 bits per heavy atom. The first kappa shape index (κ1) is 15.1. The highest BCUT2D eigenvalue weighted by Gasteiger charge is 2.14. The van der Waals surface area contributed by atoms with Gasteiger partial charge in [-0.3, -0.25) is 4.79 Å². The van der Waals surface area contributed by atoms with Crippen molar-refractivity contribution in [2.24, 2.45) is 5.73 Å². The van der Waals surface area contributed by atoms with Crippen LogP contribution < -0.4 is 15.5 Å². The van der Waals surface area contributed by atoms with Gasteiger partial charge < -0.3 is 15.5 Å². The summed E-state index contributed by atoms with van der Waals surface area (Å²) in [6.45, 7) is 0.464. The molecule has 1 amide bonds. The van der Waals surface area contributed by atoms with Crippen LogP contribution in [-0.2, 0) is 6.54 Å². The molecule has 0 saturated heterocycles. The summed E-state index contributed by atoms with van der Waals surface area (Å²) in [5.41, 5.74) is 9.18. The van der Waals surface area contributed by atoms with Crippen LogP contribution in [0.2, 0.25) is 0 Å². The van der Waals surface area contributed by atoms with E-state index >= 15 is 0 Å². The highest BCUT2D eigenvalue weighted by molar-refractivity contribution is 6.06. The zero-order valence-corrected chi connectivity index (χ0v) is 12.7. The van der Waals surface area contributed by atoms with Crippen LogP contribution in [0.5, 0.6) is 0 Å². The summed E-state index contributed by atoms with van der Waals surface area (Å²) in [6, 6.07) is 15.3. The van der Waals surface area contributed by atoms with Gasteiger partial charge in [0.1, 0.15) is 0 Å². The Labute approximate surface area is 125 Å². The van der Waals surface area contributed by atoms with Gasteiger partial charge in [0.15, 0.2) is 0 Å². The molecule has 2 N–H and O–H groups in total. The maximum atomic E-state index is 12.6. The molecule has 0 aliphatic heterocycles. The lowest BCUT2D eigenvalue weighted by Crippen LogP contribution is -2.26. The van der Waals surface area contributed by atoms with E-state index in [4.69, 9.17) is 5.73 Å². The summed E-state index contributed by atoms with van der Waals surface area (Å²) >= 11 is 0. The third-order valence-electron chi connectivity index (χ3n) is 3.45. The van der Waals surface area contributed by atoms with Crippen LogP contribution in [0.1, 0.15) is 15.9 Å². The van der Waals surface area contributed by atoms with Crippen molar-refractivity contribution >= 4 is 17.3 Å². The quantitative estimate of drug-likeness (QED) is 0.938. The van der Waals surface area contributed by atoms with Gasteiger partial charge in [-0.05, 0) is 35.9 Å². The third kappa shape index (κ3) is 3.41. The molecule has 110 valence electrons. The molecule has 0 radical (unpaired) electrons. The Morgan fingerprint density at radius 2 is 1.67 bits per heavy atom. The van der Waals surface area contributed by atoms with Crippen LogP contribution in [-0.4, -0.2) is 27.1 Å². The molecule has 0 fully saturated rings. The Bertz CT molecular complexity index is 637. The van der Waals surface area contributed by atoms with Gasteiger partial charge in [-0.1, -0.05) is 18.2 Å². The summed E-state index contributed by atoms with van der Waals surface area (Å²) in [7, 11) is 5.69. The first-order chi connectivity index (χ1) is 10.0. The van der Waals surface area contributed by atoms with Gasteiger partial charge in [-0.25, -0.2) is 0 Å². The standard InChI is InChI=1S/C17H21N3O/c1-19(2)15-8-5-7-14(11-15)17(21)20(3)16-9-4-6-13(10-16)12-18/h4-11H,12,18H2,1-3H3. The Balaban J connectivity index is 2.28. The largest absolute Gasteiger partial charge is 0.378 e. The summed E-state index contributed by atoms with van der Waals surface area (Å²) in [5.74, 6) is -0.0344. The molecule has 0 aliphatic carbocycles. The van der Waals surface area contributed by atoms with Crippen LogP contribution in [0.3, 0.4) is 0 Å². The molecule has 0 bridgehead atoms. The van der Waals surface area contributed by atoms with Crippen molar-refractivity contribution in [3.63, 3.8) is 0 Å². The molecule has 0 aliphatic rings. The zero-order chi connectivity index (χ0) is 15.4. The lowest BCUT2D eigenvalue weighted by Gasteiger charge is -2.19. The minimum atomic E-state index is -0.0344. The van der Waals surface area contributed by atoms with Crippen molar-refractivity contribution in [1.82, 2.24) is 0 Å². The van der Waals surface area contributed by atoms with E-state index in [2.05, 4.69) is 0 Å². The molecule has 0 heterocycles. The Morgan fingerprint density at radius 1 is 1.00 bits per heavy atom. The second-order valence-electron chi connectivity index (χ2n) is 5.18. The van der Waals surface area contributed by atoms with Crippen molar-refractivity contribution < 1.29 is 4.79 Å². The van der Waals surface area contributed by atoms with Gasteiger partial charge in [0, 0.05) is 44.6 Å². The number of amides is 1. The van der Waals surface area contributed by atoms with Crippen molar-refractivity contribution in [2.75, 3.05) is 30.9 Å². The van der Waals surface area contributed by atoms with E-state index in [1.807, 2.05) is 67.5 Å². The summed E-state index contributed by atoms with van der Waals surface area (Å²) in [4.78, 5) is 16.2. The zero-order valence-electron chi connectivity index (χ0n) is 12.7. The highest BCUT2D eigenvalue weighted by Crippen LogP contribution is 2.19. The molecule has 0 spiro atoms. The summed E-state index contributed by atoms with van der Waals surface area (Å²) in [5, 5.41) is 0. The fourth-order valence-electron chi connectivity index (χ4n) is 2.12. The molecule has 2 aromatic rings. The van der Waals surface area contributed by atoms with Crippen molar-refractivity contribution in [1.29, 1.82) is 0 Å². The molecular formula is C17H21N3O. The topological polar surface area (TPSA) is 49.6 Å². The van der Waals surface area contributed by atoms with E-state index in [-0.39, 0.29) is 5.91 Å². The van der Waals surface area contributed by atoms with Gasteiger partial charge in [-0.15, -0.1) is 0 Å². The third-order valence-corrected chi connectivity index (χ3v) is 3.45. The van der Waals surface area contributed by atoms with E-state index in [1.165, 1.54) is 0 Å². The first-order valence-electron chi connectivity index (χ1n) is 6.87. The summed E-state index contributed by atoms with van der Waals surface area (Å²) in [6.07, 6.45) is 0. The van der Waals surface area contributed by atoms with Gasteiger partial charge >= 0.3 is 0 Å². The van der Waals surface area contributed by atoms with Gasteiger partial charge in [0.25, 0.3) is 5.91 Å². The molecule has 4 heteroatoms. The lowest BCUT2D eigenvalue weighted by atomic mass is 10.1. The SMILES string of the molecule is CN(C)c1cccc(C(=O)N(C)c2cccc(CN)c2)c1. The maximum absolute atomic E-state index is 12.6. The van der Waals surface area contributed by atoms with E-state index in [0.29, 0.717) is 12.1 Å². The number of hydrogen-bond acceptors (Lipinski definition) is 3. The lowest BCUT2D eigenvalue weighted by molar-refractivity contribution is 0.0993. The molecular weight excluding hydrogens is 262 g/mol. The number of rotatable bonds is 4. The van der Waals surface area contributed by atoms with E-state index in [0.717, 1.165) is 16.9 Å². The molecule has 0 unspecified atom stereocenters. The predicted octanol–water partition coefficient (Wildman–Crippen LogP) is 2.49. The minimum Gasteiger partial charge on any atom is -0.378 e. The van der Waals surface area contributed by atoms with E-state index < -0.39 is 0 Å². The van der Waals surface area contributed by atoms with Crippen LogP contribution >= 0.6 is 0 Å². The monoisotopic (exact) mass is 283 g/mol. The maximum Gasteiger partial charge on any atom is 0.258 e. The van der Waals surface area contributed by atoms with E-state index in [9.17, 15) is 4.79 Å². The molecule has 4 nitrogen and oxygen atoms in total. The number of benzene rings is 2. The van der Waals surface area contributed by atoms with Gasteiger partial charge in [0.05, 0.1) is 0 Å². The smallest absolute Gasteiger partial charge is 0.258 e. The highest BCUT2D eigenvalue weighted by atomic mass is 16.2. The summed E-state index contributed by atoms with van der Waals surface area (Å²) < 4.78 is 0.